The molecule has 1 atom stereocenters. The Kier molecular flexibility index (Phi) is 6.56. The lowest BCUT2D eigenvalue weighted by Gasteiger charge is -2.28. The average Bonchev–Trinajstić information content (AvgIpc) is 3.50. The number of hydrogen-bond acceptors (Lipinski definition) is 3. The normalized spacial score (nSPS) is 15.1. The summed E-state index contributed by atoms with van der Waals surface area (Å²) in [5.41, 5.74) is 4.89. The van der Waals surface area contributed by atoms with Crippen LogP contribution in [-0.2, 0) is 6.42 Å². The molecule has 0 spiro atoms. The van der Waals surface area contributed by atoms with Gasteiger partial charge in [0.15, 0.2) is 0 Å². The summed E-state index contributed by atoms with van der Waals surface area (Å²) < 4.78 is 1.17. The van der Waals surface area contributed by atoms with E-state index in [-0.39, 0.29) is 11.9 Å². The van der Waals surface area contributed by atoms with Crippen molar-refractivity contribution in [3.63, 3.8) is 0 Å². The molecule has 3 nitrogen and oxygen atoms in total. The molecule has 0 saturated carbocycles. The molecule has 4 heteroatoms. The minimum absolute atomic E-state index is 0.0402. The number of likely N-dealkylation sites (tertiary alicyclic amines) is 1. The first-order valence-electron chi connectivity index (χ1n) is 11.8. The Morgan fingerprint density at radius 2 is 1.64 bits per heavy atom. The minimum atomic E-state index is 0.0402. The second-order valence-electron chi connectivity index (χ2n) is 8.95. The van der Waals surface area contributed by atoms with Gasteiger partial charge in [-0.15, -0.1) is 11.3 Å². The first kappa shape index (κ1) is 21.9. The van der Waals surface area contributed by atoms with Crippen molar-refractivity contribution in [2.75, 3.05) is 19.6 Å². The van der Waals surface area contributed by atoms with E-state index in [4.69, 9.17) is 0 Å². The highest BCUT2D eigenvalue weighted by Crippen LogP contribution is 2.33. The lowest BCUT2D eigenvalue weighted by atomic mass is 10.0. The summed E-state index contributed by atoms with van der Waals surface area (Å²) in [6.45, 7) is 4.92. The third kappa shape index (κ3) is 4.87. The van der Waals surface area contributed by atoms with Gasteiger partial charge in [0.2, 0.25) is 0 Å². The van der Waals surface area contributed by atoms with Gasteiger partial charge in [-0.2, -0.15) is 0 Å². The topological polar surface area (TPSA) is 32.3 Å². The van der Waals surface area contributed by atoms with E-state index in [0.29, 0.717) is 6.54 Å². The standard InChI is InChI=1S/C29H30N2OS/c1-21-13-15-22(16-14-21)19-25-24-11-5-6-12-27(24)33-28(25)29(32)30-20-26(31-17-7-8-18-31)23-9-3-2-4-10-23/h2-6,9-16,26H,7-8,17-20H2,1H3,(H,30,32). The fourth-order valence-corrected chi connectivity index (χ4v) is 5.96. The predicted octanol–water partition coefficient (Wildman–Crippen LogP) is 6.37. The number of thiophene rings is 1. The van der Waals surface area contributed by atoms with Gasteiger partial charge < -0.3 is 5.32 Å². The van der Waals surface area contributed by atoms with Crippen molar-refractivity contribution >= 4 is 27.3 Å². The van der Waals surface area contributed by atoms with Crippen molar-refractivity contribution in [3.05, 3.63) is 106 Å². The Labute approximate surface area is 200 Å². The van der Waals surface area contributed by atoms with Gasteiger partial charge in [-0.1, -0.05) is 78.4 Å². The average molecular weight is 455 g/mol. The Morgan fingerprint density at radius 1 is 0.939 bits per heavy atom. The number of carbonyl (C=O) groups is 1. The van der Waals surface area contributed by atoms with Gasteiger partial charge in [0.25, 0.3) is 5.91 Å². The van der Waals surface area contributed by atoms with Crippen LogP contribution in [-0.4, -0.2) is 30.4 Å². The van der Waals surface area contributed by atoms with Crippen LogP contribution in [0.3, 0.4) is 0 Å². The van der Waals surface area contributed by atoms with E-state index in [1.165, 1.54) is 39.6 Å². The second-order valence-corrected chi connectivity index (χ2v) is 10.0. The molecule has 1 fully saturated rings. The molecule has 1 aromatic heterocycles. The Morgan fingerprint density at radius 3 is 2.39 bits per heavy atom. The molecule has 33 heavy (non-hydrogen) atoms. The van der Waals surface area contributed by atoms with E-state index in [0.717, 1.165) is 30.0 Å². The smallest absolute Gasteiger partial charge is 0.261 e. The zero-order valence-corrected chi connectivity index (χ0v) is 19.9. The molecule has 1 N–H and O–H groups in total. The molecule has 5 rings (SSSR count). The van der Waals surface area contributed by atoms with Gasteiger partial charge in [0.1, 0.15) is 0 Å². The van der Waals surface area contributed by atoms with Crippen LogP contribution in [0.2, 0.25) is 0 Å². The maximum absolute atomic E-state index is 13.5. The summed E-state index contributed by atoms with van der Waals surface area (Å²) in [5.74, 6) is 0.0402. The van der Waals surface area contributed by atoms with Crippen LogP contribution in [0, 0.1) is 6.92 Å². The van der Waals surface area contributed by atoms with Crippen LogP contribution >= 0.6 is 11.3 Å². The quantitative estimate of drug-likeness (QED) is 0.352. The summed E-state index contributed by atoms with van der Waals surface area (Å²) in [6, 6.07) is 27.8. The summed E-state index contributed by atoms with van der Waals surface area (Å²) in [6.07, 6.45) is 3.23. The third-order valence-electron chi connectivity index (χ3n) is 6.63. The van der Waals surface area contributed by atoms with Crippen molar-refractivity contribution in [3.8, 4) is 0 Å². The highest BCUT2D eigenvalue weighted by molar-refractivity contribution is 7.21. The Balaban J connectivity index is 1.41. The van der Waals surface area contributed by atoms with Crippen molar-refractivity contribution < 1.29 is 4.79 Å². The van der Waals surface area contributed by atoms with Crippen molar-refractivity contribution in [1.29, 1.82) is 0 Å². The van der Waals surface area contributed by atoms with Crippen LogP contribution in [0.1, 0.15) is 50.8 Å². The molecular weight excluding hydrogens is 424 g/mol. The van der Waals surface area contributed by atoms with Crippen LogP contribution < -0.4 is 5.32 Å². The molecule has 3 aromatic carbocycles. The molecule has 2 heterocycles. The van der Waals surface area contributed by atoms with Crippen LogP contribution in [0.5, 0.6) is 0 Å². The molecule has 1 saturated heterocycles. The SMILES string of the molecule is Cc1ccc(Cc2c(C(=O)NCC(c3ccccc3)N3CCCC3)sc3ccccc23)cc1. The zero-order valence-electron chi connectivity index (χ0n) is 19.1. The molecule has 1 aliphatic heterocycles. The molecule has 0 aliphatic carbocycles. The van der Waals surface area contributed by atoms with Gasteiger partial charge in [0.05, 0.1) is 10.9 Å². The molecule has 1 aliphatic rings. The van der Waals surface area contributed by atoms with Gasteiger partial charge in [-0.05, 0) is 67.4 Å². The van der Waals surface area contributed by atoms with E-state index in [1.54, 1.807) is 11.3 Å². The molecule has 1 amide bonds. The molecule has 168 valence electrons. The summed E-state index contributed by atoms with van der Waals surface area (Å²) in [4.78, 5) is 16.9. The van der Waals surface area contributed by atoms with E-state index in [9.17, 15) is 4.79 Å². The van der Waals surface area contributed by atoms with Crippen molar-refractivity contribution in [2.24, 2.45) is 0 Å². The molecule has 0 bridgehead atoms. The maximum Gasteiger partial charge on any atom is 0.261 e. The summed E-state index contributed by atoms with van der Waals surface area (Å²) in [7, 11) is 0. The van der Waals surface area contributed by atoms with Gasteiger partial charge in [0, 0.05) is 11.2 Å². The monoisotopic (exact) mass is 454 g/mol. The number of amides is 1. The van der Waals surface area contributed by atoms with Gasteiger partial charge in [-0.3, -0.25) is 9.69 Å². The van der Waals surface area contributed by atoms with Crippen LogP contribution in [0.15, 0.2) is 78.9 Å². The first-order valence-corrected chi connectivity index (χ1v) is 12.6. The number of hydrogen-bond donors (Lipinski definition) is 1. The van der Waals surface area contributed by atoms with Crippen molar-refractivity contribution in [1.82, 2.24) is 10.2 Å². The first-order chi connectivity index (χ1) is 16.2. The molecule has 1 unspecified atom stereocenters. The zero-order chi connectivity index (χ0) is 22.6. The van der Waals surface area contributed by atoms with Crippen LogP contribution in [0.4, 0.5) is 0 Å². The Bertz CT molecular complexity index is 1220. The summed E-state index contributed by atoms with van der Waals surface area (Å²) >= 11 is 1.61. The highest BCUT2D eigenvalue weighted by Gasteiger charge is 2.25. The second kappa shape index (κ2) is 9.90. The van der Waals surface area contributed by atoms with E-state index >= 15 is 0 Å². The Hall–Kier alpha value is -2.95. The van der Waals surface area contributed by atoms with Crippen molar-refractivity contribution in [2.45, 2.75) is 32.2 Å². The third-order valence-corrected chi connectivity index (χ3v) is 7.84. The number of nitrogens with zero attached hydrogens (tertiary/aromatic N) is 1. The fourth-order valence-electron chi connectivity index (χ4n) is 4.82. The molecular formula is C29H30N2OS. The minimum Gasteiger partial charge on any atom is -0.349 e. The largest absolute Gasteiger partial charge is 0.349 e. The number of nitrogens with one attached hydrogen (secondary N) is 1. The molecule has 0 radical (unpaired) electrons. The summed E-state index contributed by atoms with van der Waals surface area (Å²) in [5, 5.41) is 4.49. The van der Waals surface area contributed by atoms with E-state index in [1.807, 2.05) is 0 Å². The number of rotatable bonds is 7. The lowest BCUT2D eigenvalue weighted by molar-refractivity contribution is 0.0941. The number of benzene rings is 3. The highest BCUT2D eigenvalue weighted by atomic mass is 32.1. The number of aryl methyl sites for hydroxylation is 1. The van der Waals surface area contributed by atoms with E-state index in [2.05, 4.69) is 96.0 Å². The van der Waals surface area contributed by atoms with Gasteiger partial charge >= 0.3 is 0 Å². The molecule has 4 aromatic rings. The van der Waals surface area contributed by atoms with Gasteiger partial charge in [-0.25, -0.2) is 0 Å². The maximum atomic E-state index is 13.5. The van der Waals surface area contributed by atoms with E-state index < -0.39 is 0 Å². The fraction of sp³-hybridized carbons (Fsp3) is 0.276. The number of fused-ring (bicyclic) bond motifs is 1. The predicted molar refractivity (Wildman–Crippen MR) is 138 cm³/mol. The lowest BCUT2D eigenvalue weighted by Crippen LogP contribution is -2.36. The van der Waals surface area contributed by atoms with Crippen LogP contribution in [0.25, 0.3) is 10.1 Å². The number of carbonyl (C=O) groups excluding carboxylic acids is 1.